The Morgan fingerprint density at radius 2 is 1.79 bits per heavy atom. The average Bonchev–Trinajstić information content (AvgIpc) is 3.01. The normalized spacial score (nSPS) is 11.5. The smallest absolute Gasteiger partial charge is 0.416 e. The average molecular weight is 477 g/mol. The molecule has 29 heavy (non-hydrogen) atoms. The molecule has 0 unspecified atom stereocenters. The van der Waals surface area contributed by atoms with Crippen molar-refractivity contribution in [3.8, 4) is 17.0 Å². The zero-order valence-electron chi connectivity index (χ0n) is 14.2. The van der Waals surface area contributed by atoms with Gasteiger partial charge in [-0.3, -0.25) is 4.79 Å². The fourth-order valence-electron chi connectivity index (χ4n) is 2.41. The Hall–Kier alpha value is -2.95. The predicted molar refractivity (Wildman–Crippen MR) is 93.8 cm³/mol. The number of benzene rings is 2. The van der Waals surface area contributed by atoms with Gasteiger partial charge in [0.25, 0.3) is 5.91 Å². The Bertz CT molecular complexity index is 1060. The van der Waals surface area contributed by atoms with E-state index in [2.05, 4.69) is 20.9 Å². The Morgan fingerprint density at radius 3 is 2.38 bits per heavy atom. The van der Waals surface area contributed by atoms with Crippen LogP contribution in [0.1, 0.15) is 21.8 Å². The van der Waals surface area contributed by atoms with Crippen LogP contribution in [0.4, 0.5) is 22.0 Å². The van der Waals surface area contributed by atoms with Crippen LogP contribution in [-0.4, -0.2) is 10.9 Å². The molecule has 2 aromatic carbocycles. The minimum Gasteiger partial charge on any atom is -0.481 e. The summed E-state index contributed by atoms with van der Waals surface area (Å²) in [5.41, 5.74) is 3.71. The highest BCUT2D eigenvalue weighted by molar-refractivity contribution is 9.10. The lowest BCUT2D eigenvalue weighted by molar-refractivity contribution is -0.137. The van der Waals surface area contributed by atoms with E-state index in [1.54, 1.807) is 0 Å². The van der Waals surface area contributed by atoms with Crippen molar-refractivity contribution in [2.24, 2.45) is 5.73 Å². The molecule has 1 aromatic heterocycles. The lowest BCUT2D eigenvalue weighted by Crippen LogP contribution is -2.16. The second-order valence-electron chi connectivity index (χ2n) is 5.69. The van der Waals surface area contributed by atoms with Gasteiger partial charge in [0.2, 0.25) is 5.89 Å². The summed E-state index contributed by atoms with van der Waals surface area (Å²) in [7, 11) is 0. The number of oxazole rings is 1. The number of ether oxygens (including phenoxy) is 1. The summed E-state index contributed by atoms with van der Waals surface area (Å²) in [5.74, 6) is -4.20. The van der Waals surface area contributed by atoms with Crippen LogP contribution in [0.15, 0.2) is 45.5 Å². The van der Waals surface area contributed by atoms with Crippen molar-refractivity contribution >= 4 is 21.8 Å². The zero-order chi connectivity index (χ0) is 21.3. The van der Waals surface area contributed by atoms with Gasteiger partial charge in [0.1, 0.15) is 17.1 Å². The van der Waals surface area contributed by atoms with E-state index < -0.39 is 47.2 Å². The molecule has 0 saturated heterocycles. The van der Waals surface area contributed by atoms with Crippen molar-refractivity contribution in [2.45, 2.75) is 12.8 Å². The molecule has 1 amide bonds. The van der Waals surface area contributed by atoms with E-state index in [1.165, 1.54) is 12.1 Å². The standard InChI is InChI=1S/C18H10BrF5N2O3/c19-16-15(8-1-3-9(4-2-8)18(22,23)24)26-12(29-16)7-28-11-6-5-10(20)13(14(11)21)17(25)27/h1-6H,7H2,(H2,25,27). The van der Waals surface area contributed by atoms with Gasteiger partial charge in [-0.05, 0) is 40.2 Å². The second kappa shape index (κ2) is 7.82. The van der Waals surface area contributed by atoms with Crippen LogP contribution in [0.3, 0.4) is 0 Å². The van der Waals surface area contributed by atoms with Gasteiger partial charge in [0.05, 0.1) is 5.56 Å². The number of hydrogen-bond acceptors (Lipinski definition) is 4. The van der Waals surface area contributed by atoms with Crippen LogP contribution in [0.5, 0.6) is 5.75 Å². The summed E-state index contributed by atoms with van der Waals surface area (Å²) in [4.78, 5) is 15.2. The first-order chi connectivity index (χ1) is 13.6. The number of aromatic nitrogens is 1. The second-order valence-corrected chi connectivity index (χ2v) is 6.41. The lowest BCUT2D eigenvalue weighted by Gasteiger charge is -2.08. The molecule has 1 heterocycles. The number of carbonyl (C=O) groups excluding carboxylic acids is 1. The summed E-state index contributed by atoms with van der Waals surface area (Å²) >= 11 is 3.10. The molecular weight excluding hydrogens is 467 g/mol. The van der Waals surface area contributed by atoms with Crippen molar-refractivity contribution in [2.75, 3.05) is 0 Å². The van der Waals surface area contributed by atoms with Crippen LogP contribution in [0.2, 0.25) is 0 Å². The molecule has 0 radical (unpaired) electrons. The van der Waals surface area contributed by atoms with Crippen LogP contribution < -0.4 is 10.5 Å². The maximum absolute atomic E-state index is 14.2. The number of carbonyl (C=O) groups is 1. The molecule has 0 aliphatic carbocycles. The molecule has 2 N–H and O–H groups in total. The number of hydrogen-bond donors (Lipinski definition) is 1. The monoisotopic (exact) mass is 476 g/mol. The van der Waals surface area contributed by atoms with E-state index in [0.29, 0.717) is 5.56 Å². The number of amides is 1. The third-order valence-corrected chi connectivity index (χ3v) is 4.31. The van der Waals surface area contributed by atoms with E-state index in [-0.39, 0.29) is 16.3 Å². The van der Waals surface area contributed by atoms with Gasteiger partial charge in [-0.1, -0.05) is 12.1 Å². The van der Waals surface area contributed by atoms with Crippen LogP contribution in [0.25, 0.3) is 11.3 Å². The molecule has 3 rings (SSSR count). The van der Waals surface area contributed by atoms with E-state index in [0.717, 1.165) is 24.3 Å². The zero-order valence-corrected chi connectivity index (χ0v) is 15.8. The number of nitrogens with zero attached hydrogens (tertiary/aromatic N) is 1. The molecule has 0 saturated carbocycles. The fraction of sp³-hybridized carbons (Fsp3) is 0.111. The maximum atomic E-state index is 14.2. The molecule has 3 aromatic rings. The highest BCUT2D eigenvalue weighted by atomic mass is 79.9. The molecule has 5 nitrogen and oxygen atoms in total. The topological polar surface area (TPSA) is 78.4 Å². The molecule has 0 atom stereocenters. The molecule has 0 bridgehead atoms. The first-order valence-electron chi connectivity index (χ1n) is 7.81. The molecule has 0 spiro atoms. The molecule has 152 valence electrons. The number of rotatable bonds is 5. The van der Waals surface area contributed by atoms with Gasteiger partial charge in [-0.15, -0.1) is 0 Å². The summed E-state index contributed by atoms with van der Waals surface area (Å²) < 4.78 is 76.2. The Labute approximate surface area is 168 Å². The van der Waals surface area contributed by atoms with E-state index in [1.807, 2.05) is 0 Å². The van der Waals surface area contributed by atoms with Crippen molar-refractivity contribution in [1.29, 1.82) is 0 Å². The third-order valence-electron chi connectivity index (χ3n) is 3.77. The third kappa shape index (κ3) is 4.39. The molecule has 11 heteroatoms. The van der Waals surface area contributed by atoms with E-state index in [9.17, 15) is 26.7 Å². The maximum Gasteiger partial charge on any atom is 0.416 e. The molecule has 0 aliphatic heterocycles. The highest BCUT2D eigenvalue weighted by Gasteiger charge is 2.30. The molecular formula is C18H10BrF5N2O3. The highest BCUT2D eigenvalue weighted by Crippen LogP contribution is 2.33. The fourth-order valence-corrected chi connectivity index (χ4v) is 2.91. The van der Waals surface area contributed by atoms with Gasteiger partial charge in [-0.2, -0.15) is 13.2 Å². The van der Waals surface area contributed by atoms with Gasteiger partial charge in [0.15, 0.2) is 22.8 Å². The van der Waals surface area contributed by atoms with Crippen molar-refractivity contribution in [1.82, 2.24) is 4.98 Å². The first kappa shape index (κ1) is 20.8. The van der Waals surface area contributed by atoms with Crippen LogP contribution in [0, 0.1) is 11.6 Å². The van der Waals surface area contributed by atoms with Gasteiger partial charge in [0, 0.05) is 5.56 Å². The van der Waals surface area contributed by atoms with E-state index in [4.69, 9.17) is 14.9 Å². The van der Waals surface area contributed by atoms with E-state index >= 15 is 0 Å². The first-order valence-corrected chi connectivity index (χ1v) is 8.60. The number of halogens is 6. The van der Waals surface area contributed by atoms with Crippen molar-refractivity contribution in [3.05, 3.63) is 69.7 Å². The molecule has 0 fully saturated rings. The Balaban J connectivity index is 1.80. The summed E-state index contributed by atoms with van der Waals surface area (Å²) in [6.07, 6.45) is -4.47. The minimum absolute atomic E-state index is 0.0453. The van der Waals surface area contributed by atoms with Crippen LogP contribution in [-0.2, 0) is 12.8 Å². The summed E-state index contributed by atoms with van der Waals surface area (Å²) in [6.45, 7) is -0.403. The number of nitrogens with two attached hydrogens (primary N) is 1. The largest absolute Gasteiger partial charge is 0.481 e. The quantitative estimate of drug-likeness (QED) is 0.521. The Kier molecular flexibility index (Phi) is 5.60. The minimum atomic E-state index is -4.47. The summed E-state index contributed by atoms with van der Waals surface area (Å²) in [5, 5.41) is 0. The van der Waals surface area contributed by atoms with Gasteiger partial charge < -0.3 is 14.9 Å². The number of alkyl halides is 3. The van der Waals surface area contributed by atoms with Gasteiger partial charge in [-0.25, -0.2) is 13.8 Å². The van der Waals surface area contributed by atoms with Crippen LogP contribution >= 0.6 is 15.9 Å². The lowest BCUT2D eigenvalue weighted by atomic mass is 10.1. The summed E-state index contributed by atoms with van der Waals surface area (Å²) in [6, 6.07) is 6.00. The Morgan fingerprint density at radius 1 is 1.14 bits per heavy atom. The SMILES string of the molecule is NC(=O)c1c(F)ccc(OCc2nc(-c3ccc(C(F)(F)F)cc3)c(Br)o2)c1F. The van der Waals surface area contributed by atoms with Crippen molar-refractivity contribution in [3.63, 3.8) is 0 Å². The van der Waals surface area contributed by atoms with Gasteiger partial charge >= 0.3 is 6.18 Å². The van der Waals surface area contributed by atoms with Crippen molar-refractivity contribution < 1.29 is 35.9 Å². The predicted octanol–water partition coefficient (Wildman–Crippen LogP) is 5.08. The number of primary amides is 1. The molecule has 0 aliphatic rings.